The predicted octanol–water partition coefficient (Wildman–Crippen LogP) is 2.04. The molecule has 3 aliphatic rings. The number of carboxylic acid groups (broad SMARTS) is 1. The molecule has 0 radical (unpaired) electrons. The number of piperazine rings is 1. The molecular formula is C29H35N5O5. The molecule has 0 aromatic heterocycles. The Kier molecular flexibility index (Phi) is 8.23. The van der Waals surface area contributed by atoms with Gasteiger partial charge in [-0.2, -0.15) is 0 Å². The number of piperidine rings is 1. The second-order valence-corrected chi connectivity index (χ2v) is 10.5. The summed E-state index contributed by atoms with van der Waals surface area (Å²) in [4.78, 5) is 54.0. The van der Waals surface area contributed by atoms with Crippen molar-refractivity contribution in [2.24, 2.45) is 0 Å². The van der Waals surface area contributed by atoms with Crippen LogP contribution in [0.5, 0.6) is 0 Å². The summed E-state index contributed by atoms with van der Waals surface area (Å²) >= 11 is 0. The van der Waals surface area contributed by atoms with Crippen LogP contribution in [0.1, 0.15) is 52.7 Å². The number of hydrogen-bond donors (Lipinski definition) is 3. The number of fused-ring (bicyclic) bond motifs is 1. The maximum atomic E-state index is 13.0. The van der Waals surface area contributed by atoms with Crippen LogP contribution in [0.15, 0.2) is 42.5 Å². The van der Waals surface area contributed by atoms with Crippen molar-refractivity contribution >= 4 is 29.4 Å². The molecule has 2 saturated heterocycles. The molecule has 2 fully saturated rings. The highest BCUT2D eigenvalue weighted by molar-refractivity contribution is 6.06. The molecule has 5 rings (SSSR count). The summed E-state index contributed by atoms with van der Waals surface area (Å²) in [6.07, 6.45) is 1.52. The zero-order valence-corrected chi connectivity index (χ0v) is 22.0. The van der Waals surface area contributed by atoms with Gasteiger partial charge in [-0.15, -0.1) is 0 Å². The number of imide groups is 1. The molecule has 1 atom stereocenters. The molecule has 3 heterocycles. The number of anilines is 1. The highest BCUT2D eigenvalue weighted by Crippen LogP contribution is 2.32. The fourth-order valence-electron chi connectivity index (χ4n) is 5.59. The van der Waals surface area contributed by atoms with E-state index in [9.17, 15) is 19.2 Å². The largest absolute Gasteiger partial charge is 0.481 e. The SMILES string of the molecule is O=C(O)CCCN1CCN(Cc2ccc(CNc3cccc4c3CN(C3CCC(=O)NC3=O)C4=O)cc2)CC1. The van der Waals surface area contributed by atoms with Crippen LogP contribution in [0.3, 0.4) is 0 Å². The van der Waals surface area contributed by atoms with Crippen molar-refractivity contribution in [1.82, 2.24) is 20.0 Å². The first-order valence-electron chi connectivity index (χ1n) is 13.6. The first kappa shape index (κ1) is 26.8. The molecule has 0 bridgehead atoms. The van der Waals surface area contributed by atoms with Crippen LogP contribution in [0, 0.1) is 0 Å². The Labute approximate surface area is 227 Å². The van der Waals surface area contributed by atoms with Crippen LogP contribution in [0.2, 0.25) is 0 Å². The van der Waals surface area contributed by atoms with Crippen molar-refractivity contribution in [3.8, 4) is 0 Å². The number of rotatable bonds is 10. The summed E-state index contributed by atoms with van der Waals surface area (Å²) < 4.78 is 0. The van der Waals surface area contributed by atoms with Crippen LogP contribution in [-0.2, 0) is 34.0 Å². The third kappa shape index (κ3) is 6.46. The number of benzene rings is 2. The Bertz CT molecular complexity index is 1240. The van der Waals surface area contributed by atoms with Gasteiger partial charge in [0.05, 0.1) is 0 Å². The minimum atomic E-state index is -0.730. The second-order valence-electron chi connectivity index (χ2n) is 10.5. The van der Waals surface area contributed by atoms with Crippen LogP contribution in [-0.4, -0.2) is 82.3 Å². The molecule has 3 N–H and O–H groups in total. The molecule has 2 aromatic carbocycles. The van der Waals surface area contributed by atoms with E-state index in [4.69, 9.17) is 5.11 Å². The lowest BCUT2D eigenvalue weighted by Crippen LogP contribution is -2.52. The lowest BCUT2D eigenvalue weighted by Gasteiger charge is -2.34. The van der Waals surface area contributed by atoms with Gasteiger partial charge >= 0.3 is 5.97 Å². The smallest absolute Gasteiger partial charge is 0.303 e. The van der Waals surface area contributed by atoms with Crippen molar-refractivity contribution in [3.63, 3.8) is 0 Å². The molecule has 3 aliphatic heterocycles. The Morgan fingerprint density at radius 2 is 1.69 bits per heavy atom. The number of carbonyl (C=O) groups is 4. The maximum absolute atomic E-state index is 13.0. The lowest BCUT2D eigenvalue weighted by molar-refractivity contribution is -0.138. The van der Waals surface area contributed by atoms with Gasteiger partial charge in [-0.05, 0) is 42.6 Å². The fraction of sp³-hybridized carbons (Fsp3) is 0.448. The number of aliphatic carboxylic acids is 1. The summed E-state index contributed by atoms with van der Waals surface area (Å²) in [5, 5.41) is 14.6. The molecule has 0 aliphatic carbocycles. The van der Waals surface area contributed by atoms with Gasteiger partial charge in [-0.25, -0.2) is 0 Å². The third-order valence-electron chi connectivity index (χ3n) is 7.82. The third-order valence-corrected chi connectivity index (χ3v) is 7.82. The Morgan fingerprint density at radius 1 is 0.974 bits per heavy atom. The lowest BCUT2D eigenvalue weighted by atomic mass is 10.0. The zero-order valence-electron chi connectivity index (χ0n) is 22.0. The van der Waals surface area contributed by atoms with Crippen LogP contribution in [0.4, 0.5) is 5.69 Å². The number of carbonyl (C=O) groups excluding carboxylic acids is 3. The molecule has 10 nitrogen and oxygen atoms in total. The number of amides is 3. The molecule has 2 aromatic rings. The molecule has 1 unspecified atom stereocenters. The molecule has 3 amide bonds. The summed E-state index contributed by atoms with van der Waals surface area (Å²) in [6.45, 7) is 6.57. The van der Waals surface area contributed by atoms with Crippen LogP contribution >= 0.6 is 0 Å². The van der Waals surface area contributed by atoms with E-state index in [-0.39, 0.29) is 24.7 Å². The number of nitrogens with one attached hydrogen (secondary N) is 2. The van der Waals surface area contributed by atoms with E-state index >= 15 is 0 Å². The molecule has 39 heavy (non-hydrogen) atoms. The van der Waals surface area contributed by atoms with Crippen molar-refractivity contribution in [1.29, 1.82) is 0 Å². The predicted molar refractivity (Wildman–Crippen MR) is 145 cm³/mol. The normalized spacial score (nSPS) is 20.2. The summed E-state index contributed by atoms with van der Waals surface area (Å²) in [5.74, 6) is -1.60. The summed E-state index contributed by atoms with van der Waals surface area (Å²) in [5.41, 5.74) is 4.74. The number of carboxylic acids is 1. The molecule has 0 spiro atoms. The van der Waals surface area contributed by atoms with Gasteiger partial charge in [-0.3, -0.25) is 29.4 Å². The van der Waals surface area contributed by atoms with E-state index in [2.05, 4.69) is 44.7 Å². The average Bonchev–Trinajstić information content (AvgIpc) is 3.26. The Balaban J connectivity index is 1.12. The molecular weight excluding hydrogens is 498 g/mol. The first-order valence-corrected chi connectivity index (χ1v) is 13.6. The topological polar surface area (TPSA) is 122 Å². The minimum absolute atomic E-state index is 0.173. The van der Waals surface area contributed by atoms with Crippen LogP contribution < -0.4 is 10.6 Å². The van der Waals surface area contributed by atoms with Gasteiger partial charge in [0.1, 0.15) is 6.04 Å². The van der Waals surface area contributed by atoms with E-state index in [1.165, 1.54) is 5.56 Å². The van der Waals surface area contributed by atoms with E-state index in [0.29, 0.717) is 31.5 Å². The highest BCUT2D eigenvalue weighted by Gasteiger charge is 2.39. The van der Waals surface area contributed by atoms with E-state index in [0.717, 1.165) is 56.1 Å². The average molecular weight is 534 g/mol. The summed E-state index contributed by atoms with van der Waals surface area (Å²) in [7, 11) is 0. The van der Waals surface area contributed by atoms with Gasteiger partial charge in [0.2, 0.25) is 11.8 Å². The van der Waals surface area contributed by atoms with Gasteiger partial charge in [0, 0.05) is 75.5 Å². The minimum Gasteiger partial charge on any atom is -0.481 e. The number of hydrogen-bond acceptors (Lipinski definition) is 7. The van der Waals surface area contributed by atoms with Crippen molar-refractivity contribution in [3.05, 3.63) is 64.7 Å². The number of nitrogens with zero attached hydrogens (tertiary/aromatic N) is 3. The van der Waals surface area contributed by atoms with E-state index < -0.39 is 17.9 Å². The van der Waals surface area contributed by atoms with Crippen molar-refractivity contribution in [2.45, 2.75) is 51.4 Å². The van der Waals surface area contributed by atoms with E-state index in [1.54, 1.807) is 11.0 Å². The maximum Gasteiger partial charge on any atom is 0.303 e. The van der Waals surface area contributed by atoms with Crippen LogP contribution in [0.25, 0.3) is 0 Å². The van der Waals surface area contributed by atoms with Gasteiger partial charge in [-0.1, -0.05) is 30.3 Å². The van der Waals surface area contributed by atoms with Crippen molar-refractivity contribution < 1.29 is 24.3 Å². The second kappa shape index (κ2) is 12.0. The zero-order chi connectivity index (χ0) is 27.4. The Morgan fingerprint density at radius 3 is 2.41 bits per heavy atom. The van der Waals surface area contributed by atoms with Gasteiger partial charge < -0.3 is 20.2 Å². The highest BCUT2D eigenvalue weighted by atomic mass is 16.4. The molecule has 206 valence electrons. The molecule has 0 saturated carbocycles. The van der Waals surface area contributed by atoms with Crippen molar-refractivity contribution in [2.75, 3.05) is 38.0 Å². The van der Waals surface area contributed by atoms with Gasteiger partial charge in [0.25, 0.3) is 5.91 Å². The first-order chi connectivity index (χ1) is 18.9. The van der Waals surface area contributed by atoms with Gasteiger partial charge in [0.15, 0.2) is 0 Å². The molecule has 10 heteroatoms. The van der Waals surface area contributed by atoms with E-state index in [1.807, 2.05) is 12.1 Å². The standard InChI is InChI=1S/C29H35N5O5/c35-26-11-10-25(28(38)31-26)34-19-23-22(29(34)39)3-1-4-24(23)30-17-20-6-8-21(9-7-20)18-33-15-13-32(14-16-33)12-2-5-27(36)37/h1,3-4,6-9,25,30H,2,5,10-19H2,(H,36,37)(H,31,35,38). The Hall–Kier alpha value is -3.76. The fourth-order valence-corrected chi connectivity index (χ4v) is 5.59. The monoisotopic (exact) mass is 533 g/mol. The quantitative estimate of drug-likeness (QED) is 0.397. The summed E-state index contributed by atoms with van der Waals surface area (Å²) in [6, 6.07) is 13.5.